The standard InChI is InChI=1S/C14H27ClO2S/c1-10(2)12-5-6-14(15)13(9-12)7-8-18(16,17)11(3)4/h10-14H,5-9H2,1-4H3. The van der Waals surface area contributed by atoms with Gasteiger partial charge in [-0.15, -0.1) is 11.6 Å². The fourth-order valence-corrected chi connectivity index (χ4v) is 4.18. The minimum Gasteiger partial charge on any atom is -0.229 e. The van der Waals surface area contributed by atoms with Crippen molar-refractivity contribution in [3.05, 3.63) is 0 Å². The molecule has 1 saturated carbocycles. The Kier molecular flexibility index (Phi) is 5.98. The number of hydrogen-bond acceptors (Lipinski definition) is 2. The first-order chi connectivity index (χ1) is 8.24. The first kappa shape index (κ1) is 16.3. The SMILES string of the molecule is CC(C)C1CCC(Cl)C(CCS(=O)(=O)C(C)C)C1. The quantitative estimate of drug-likeness (QED) is 0.721. The molecule has 0 aromatic rings. The van der Waals surface area contributed by atoms with E-state index < -0.39 is 9.84 Å². The van der Waals surface area contributed by atoms with Crippen LogP contribution in [0.25, 0.3) is 0 Å². The Morgan fingerprint density at radius 2 is 1.78 bits per heavy atom. The third-order valence-electron chi connectivity index (χ3n) is 4.36. The Hall–Kier alpha value is 0.240. The van der Waals surface area contributed by atoms with E-state index >= 15 is 0 Å². The Morgan fingerprint density at radius 1 is 1.17 bits per heavy atom. The van der Waals surface area contributed by atoms with Crippen molar-refractivity contribution in [1.82, 2.24) is 0 Å². The molecule has 0 aromatic heterocycles. The van der Waals surface area contributed by atoms with E-state index in [4.69, 9.17) is 11.6 Å². The second-order valence-corrected chi connectivity index (χ2v) is 9.53. The lowest BCUT2D eigenvalue weighted by Gasteiger charge is -2.35. The molecule has 0 radical (unpaired) electrons. The van der Waals surface area contributed by atoms with Gasteiger partial charge in [0.15, 0.2) is 9.84 Å². The third-order valence-corrected chi connectivity index (χ3v) is 7.18. The Labute approximate surface area is 117 Å². The van der Waals surface area contributed by atoms with E-state index in [2.05, 4.69) is 13.8 Å². The summed E-state index contributed by atoms with van der Waals surface area (Å²) in [5, 5.41) is -0.0990. The molecule has 3 atom stereocenters. The number of alkyl halides is 1. The van der Waals surface area contributed by atoms with E-state index in [1.165, 1.54) is 6.42 Å². The molecule has 108 valence electrons. The van der Waals surface area contributed by atoms with Crippen LogP contribution in [0.1, 0.15) is 53.4 Å². The molecule has 0 bridgehead atoms. The molecule has 3 unspecified atom stereocenters. The smallest absolute Gasteiger partial charge is 0.152 e. The van der Waals surface area contributed by atoms with Crippen LogP contribution in [0.4, 0.5) is 0 Å². The molecule has 1 fully saturated rings. The summed E-state index contributed by atoms with van der Waals surface area (Å²) in [6.45, 7) is 8.01. The van der Waals surface area contributed by atoms with Crippen LogP contribution in [-0.4, -0.2) is 24.8 Å². The second kappa shape index (κ2) is 6.60. The van der Waals surface area contributed by atoms with E-state index in [1.807, 2.05) is 0 Å². The van der Waals surface area contributed by atoms with Crippen LogP contribution in [0.5, 0.6) is 0 Å². The zero-order valence-electron chi connectivity index (χ0n) is 12.0. The molecule has 0 spiro atoms. The van der Waals surface area contributed by atoms with E-state index in [-0.39, 0.29) is 10.6 Å². The molecule has 0 saturated heterocycles. The van der Waals surface area contributed by atoms with Crippen LogP contribution >= 0.6 is 11.6 Å². The van der Waals surface area contributed by atoms with Crippen LogP contribution in [0, 0.1) is 17.8 Å². The molecule has 1 rings (SSSR count). The zero-order valence-corrected chi connectivity index (χ0v) is 13.6. The van der Waals surface area contributed by atoms with Crippen molar-refractivity contribution in [2.45, 2.75) is 64.0 Å². The summed E-state index contributed by atoms with van der Waals surface area (Å²) in [6, 6.07) is 0. The topological polar surface area (TPSA) is 34.1 Å². The average molecular weight is 295 g/mol. The Balaban J connectivity index is 2.55. The van der Waals surface area contributed by atoms with Crippen molar-refractivity contribution in [3.8, 4) is 0 Å². The third kappa shape index (κ3) is 4.41. The summed E-state index contributed by atoms with van der Waals surface area (Å²) >= 11 is 6.37. The number of hydrogen-bond donors (Lipinski definition) is 0. The van der Waals surface area contributed by atoms with Crippen LogP contribution in [-0.2, 0) is 9.84 Å². The predicted molar refractivity (Wildman–Crippen MR) is 78.8 cm³/mol. The normalized spacial score (nSPS) is 30.1. The largest absolute Gasteiger partial charge is 0.229 e. The number of halogens is 1. The maximum absolute atomic E-state index is 11.9. The van der Waals surface area contributed by atoms with Crippen molar-refractivity contribution in [1.29, 1.82) is 0 Å². The molecule has 2 nitrogen and oxygen atoms in total. The summed E-state index contributed by atoms with van der Waals surface area (Å²) in [5.41, 5.74) is 0. The number of sulfone groups is 1. The molecule has 0 heterocycles. The van der Waals surface area contributed by atoms with Gasteiger partial charge in [0.1, 0.15) is 0 Å². The van der Waals surface area contributed by atoms with Gasteiger partial charge in [-0.1, -0.05) is 13.8 Å². The molecule has 4 heteroatoms. The summed E-state index contributed by atoms with van der Waals surface area (Å²) < 4.78 is 23.7. The van der Waals surface area contributed by atoms with E-state index in [9.17, 15) is 8.42 Å². The van der Waals surface area contributed by atoms with Crippen LogP contribution in [0.3, 0.4) is 0 Å². The maximum Gasteiger partial charge on any atom is 0.152 e. The van der Waals surface area contributed by atoms with Crippen LogP contribution in [0.2, 0.25) is 0 Å². The predicted octanol–water partition coefficient (Wildman–Crippen LogP) is 3.88. The van der Waals surface area contributed by atoms with Crippen molar-refractivity contribution < 1.29 is 8.42 Å². The van der Waals surface area contributed by atoms with Gasteiger partial charge in [0.05, 0.1) is 11.0 Å². The molecule has 18 heavy (non-hydrogen) atoms. The van der Waals surface area contributed by atoms with Gasteiger partial charge in [-0.05, 0) is 57.3 Å². The van der Waals surface area contributed by atoms with E-state index in [1.54, 1.807) is 13.8 Å². The fourth-order valence-electron chi connectivity index (χ4n) is 2.72. The highest BCUT2D eigenvalue weighted by atomic mass is 35.5. The summed E-state index contributed by atoms with van der Waals surface area (Å²) in [5.74, 6) is 2.06. The zero-order chi connectivity index (χ0) is 13.9. The lowest BCUT2D eigenvalue weighted by atomic mass is 9.75. The highest BCUT2D eigenvalue weighted by molar-refractivity contribution is 7.91. The second-order valence-electron chi connectivity index (χ2n) is 6.30. The van der Waals surface area contributed by atoms with Gasteiger partial charge in [-0.2, -0.15) is 0 Å². The van der Waals surface area contributed by atoms with Gasteiger partial charge in [0.25, 0.3) is 0 Å². The molecule has 0 aromatic carbocycles. The number of rotatable bonds is 5. The van der Waals surface area contributed by atoms with Crippen molar-refractivity contribution in [3.63, 3.8) is 0 Å². The Morgan fingerprint density at radius 3 is 2.28 bits per heavy atom. The van der Waals surface area contributed by atoms with Crippen LogP contribution < -0.4 is 0 Å². The van der Waals surface area contributed by atoms with Gasteiger partial charge >= 0.3 is 0 Å². The lowest BCUT2D eigenvalue weighted by Crippen LogP contribution is -2.30. The maximum atomic E-state index is 11.9. The molecule has 1 aliphatic rings. The van der Waals surface area contributed by atoms with Gasteiger partial charge in [0, 0.05) is 5.38 Å². The van der Waals surface area contributed by atoms with Crippen molar-refractivity contribution >= 4 is 21.4 Å². The van der Waals surface area contributed by atoms with Gasteiger partial charge < -0.3 is 0 Å². The van der Waals surface area contributed by atoms with Crippen molar-refractivity contribution in [2.75, 3.05) is 5.75 Å². The molecule has 0 aliphatic heterocycles. The molecule has 0 amide bonds. The minimum atomic E-state index is -2.92. The molecular formula is C14H27ClO2S. The van der Waals surface area contributed by atoms with E-state index in [0.717, 1.165) is 19.3 Å². The molecule has 0 N–H and O–H groups in total. The fraction of sp³-hybridized carbons (Fsp3) is 1.00. The summed E-state index contributed by atoms with van der Waals surface area (Å²) in [7, 11) is -2.92. The highest BCUT2D eigenvalue weighted by Crippen LogP contribution is 2.38. The first-order valence-corrected chi connectivity index (χ1v) is 9.25. The lowest BCUT2D eigenvalue weighted by molar-refractivity contribution is 0.215. The highest BCUT2D eigenvalue weighted by Gasteiger charge is 2.31. The van der Waals surface area contributed by atoms with Gasteiger partial charge in [-0.25, -0.2) is 8.42 Å². The monoisotopic (exact) mass is 294 g/mol. The Bertz CT molecular complexity index is 349. The van der Waals surface area contributed by atoms with Crippen molar-refractivity contribution in [2.24, 2.45) is 17.8 Å². The first-order valence-electron chi connectivity index (χ1n) is 7.09. The average Bonchev–Trinajstić information content (AvgIpc) is 2.27. The summed E-state index contributed by atoms with van der Waals surface area (Å²) in [6.07, 6.45) is 4.06. The molecule has 1 aliphatic carbocycles. The minimum absolute atomic E-state index is 0.169. The molecular weight excluding hydrogens is 268 g/mol. The van der Waals surface area contributed by atoms with E-state index in [0.29, 0.717) is 23.5 Å². The van der Waals surface area contributed by atoms with Gasteiger partial charge in [0.2, 0.25) is 0 Å². The van der Waals surface area contributed by atoms with Gasteiger partial charge in [-0.3, -0.25) is 0 Å². The summed E-state index contributed by atoms with van der Waals surface area (Å²) in [4.78, 5) is 0. The van der Waals surface area contributed by atoms with Crippen LogP contribution in [0.15, 0.2) is 0 Å².